The number of carbonyl (C=O) groups is 1. The predicted octanol–water partition coefficient (Wildman–Crippen LogP) is 5.34. The third kappa shape index (κ3) is 4.96. The van der Waals surface area contributed by atoms with Crippen molar-refractivity contribution in [3.8, 4) is 0 Å². The molecule has 0 atom stereocenters. The smallest absolute Gasteiger partial charge is 0.258 e. The SMILES string of the molecule is O=C(Nc1cccc(Cl)c1Cl)c1cnc(NCCC2=CCCCC2)nc1. The van der Waals surface area contributed by atoms with Crippen LogP contribution in [-0.2, 0) is 0 Å². The van der Waals surface area contributed by atoms with Crippen LogP contribution in [0.4, 0.5) is 11.6 Å². The zero-order chi connectivity index (χ0) is 18.4. The summed E-state index contributed by atoms with van der Waals surface area (Å²) in [6.07, 6.45) is 11.3. The molecule has 0 saturated carbocycles. The Bertz CT molecular complexity index is 806. The molecule has 5 nitrogen and oxygen atoms in total. The van der Waals surface area contributed by atoms with E-state index in [1.54, 1.807) is 18.2 Å². The van der Waals surface area contributed by atoms with Gasteiger partial charge in [0.1, 0.15) is 0 Å². The lowest BCUT2D eigenvalue weighted by molar-refractivity contribution is 0.102. The minimum atomic E-state index is -0.340. The predicted molar refractivity (Wildman–Crippen MR) is 106 cm³/mol. The van der Waals surface area contributed by atoms with Gasteiger partial charge in [-0.25, -0.2) is 9.97 Å². The second-order valence-electron chi connectivity index (χ2n) is 6.14. The minimum absolute atomic E-state index is 0.304. The highest BCUT2D eigenvalue weighted by Crippen LogP contribution is 2.29. The van der Waals surface area contributed by atoms with E-state index < -0.39 is 0 Å². The Morgan fingerprint density at radius 1 is 1.15 bits per heavy atom. The molecule has 1 heterocycles. The lowest BCUT2D eigenvalue weighted by Crippen LogP contribution is -2.14. The van der Waals surface area contributed by atoms with Crippen LogP contribution in [-0.4, -0.2) is 22.4 Å². The summed E-state index contributed by atoms with van der Waals surface area (Å²) >= 11 is 12.0. The van der Waals surface area contributed by atoms with Gasteiger partial charge in [0.05, 0.1) is 21.3 Å². The van der Waals surface area contributed by atoms with E-state index in [-0.39, 0.29) is 5.91 Å². The zero-order valence-corrected chi connectivity index (χ0v) is 15.8. The maximum Gasteiger partial charge on any atom is 0.258 e. The van der Waals surface area contributed by atoms with Crippen LogP contribution in [0, 0.1) is 0 Å². The van der Waals surface area contributed by atoms with Crippen molar-refractivity contribution in [2.75, 3.05) is 17.2 Å². The fourth-order valence-corrected chi connectivity index (χ4v) is 3.15. The molecule has 136 valence electrons. The number of nitrogens with zero attached hydrogens (tertiary/aromatic N) is 2. The Balaban J connectivity index is 1.54. The number of aromatic nitrogens is 2. The van der Waals surface area contributed by atoms with Crippen LogP contribution >= 0.6 is 23.2 Å². The van der Waals surface area contributed by atoms with Crippen LogP contribution in [0.1, 0.15) is 42.5 Å². The third-order valence-electron chi connectivity index (χ3n) is 4.23. The average Bonchev–Trinajstić information content (AvgIpc) is 2.67. The van der Waals surface area contributed by atoms with Crippen LogP contribution in [0.25, 0.3) is 0 Å². The van der Waals surface area contributed by atoms with Crippen LogP contribution in [0.2, 0.25) is 10.0 Å². The average molecular weight is 391 g/mol. The van der Waals surface area contributed by atoms with Crippen molar-refractivity contribution < 1.29 is 4.79 Å². The van der Waals surface area contributed by atoms with Gasteiger partial charge in [-0.1, -0.05) is 40.9 Å². The van der Waals surface area contributed by atoms with Gasteiger partial charge >= 0.3 is 0 Å². The van der Waals surface area contributed by atoms with E-state index in [4.69, 9.17) is 23.2 Å². The molecule has 26 heavy (non-hydrogen) atoms. The lowest BCUT2D eigenvalue weighted by Gasteiger charge is -2.13. The molecule has 1 aliphatic rings. The standard InChI is InChI=1S/C19H20Cl2N4O/c20-15-7-4-8-16(17(15)21)25-18(26)14-11-23-19(24-12-14)22-10-9-13-5-2-1-3-6-13/h4-5,7-8,11-12H,1-3,6,9-10H2,(H,25,26)(H,22,23,24). The molecule has 0 radical (unpaired) electrons. The number of allylic oxidation sites excluding steroid dienone is 1. The number of halogens is 2. The van der Waals surface area contributed by atoms with Gasteiger partial charge in [-0.3, -0.25) is 4.79 Å². The largest absolute Gasteiger partial charge is 0.354 e. The second kappa shape index (κ2) is 9.01. The first-order valence-corrected chi connectivity index (χ1v) is 9.38. The number of hydrogen-bond acceptors (Lipinski definition) is 4. The highest BCUT2D eigenvalue weighted by molar-refractivity contribution is 6.44. The maximum atomic E-state index is 12.3. The van der Waals surface area contributed by atoms with E-state index in [9.17, 15) is 4.79 Å². The van der Waals surface area contributed by atoms with E-state index in [0.717, 1.165) is 13.0 Å². The van der Waals surface area contributed by atoms with Crippen molar-refractivity contribution in [1.29, 1.82) is 0 Å². The van der Waals surface area contributed by atoms with Gasteiger partial charge in [0.15, 0.2) is 0 Å². The molecule has 0 bridgehead atoms. The summed E-state index contributed by atoms with van der Waals surface area (Å²) in [5.74, 6) is 0.173. The molecule has 0 saturated heterocycles. The second-order valence-corrected chi connectivity index (χ2v) is 6.92. The Morgan fingerprint density at radius 2 is 1.96 bits per heavy atom. The van der Waals surface area contributed by atoms with Gasteiger partial charge in [0.25, 0.3) is 5.91 Å². The molecule has 1 aromatic carbocycles. The van der Waals surface area contributed by atoms with Gasteiger partial charge in [-0.2, -0.15) is 0 Å². The molecule has 0 unspecified atom stereocenters. The monoisotopic (exact) mass is 390 g/mol. The van der Waals surface area contributed by atoms with Crippen molar-refractivity contribution >= 4 is 40.7 Å². The highest BCUT2D eigenvalue weighted by atomic mass is 35.5. The molecule has 2 aromatic rings. The van der Waals surface area contributed by atoms with Crippen LogP contribution < -0.4 is 10.6 Å². The van der Waals surface area contributed by atoms with Crippen molar-refractivity contribution in [1.82, 2.24) is 9.97 Å². The summed E-state index contributed by atoms with van der Waals surface area (Å²) in [5.41, 5.74) is 2.30. The van der Waals surface area contributed by atoms with E-state index in [1.807, 2.05) is 0 Å². The van der Waals surface area contributed by atoms with Crippen LogP contribution in [0.3, 0.4) is 0 Å². The molecule has 1 aliphatic carbocycles. The summed E-state index contributed by atoms with van der Waals surface area (Å²) in [4.78, 5) is 20.7. The molecular formula is C19H20Cl2N4O. The number of carbonyl (C=O) groups excluding carboxylic acids is 1. The topological polar surface area (TPSA) is 66.9 Å². The number of nitrogens with one attached hydrogen (secondary N) is 2. The Hall–Kier alpha value is -2.11. The molecule has 3 rings (SSSR count). The summed E-state index contributed by atoms with van der Waals surface area (Å²) in [7, 11) is 0. The van der Waals surface area contributed by atoms with Gasteiger partial charge in [-0.05, 0) is 44.2 Å². The van der Waals surface area contributed by atoms with Gasteiger partial charge < -0.3 is 10.6 Å². The summed E-state index contributed by atoms with van der Waals surface area (Å²) in [6, 6.07) is 5.06. The molecule has 0 aliphatic heterocycles. The number of rotatable bonds is 6. The van der Waals surface area contributed by atoms with Crippen LogP contribution in [0.15, 0.2) is 42.2 Å². The number of benzene rings is 1. The summed E-state index contributed by atoms with van der Waals surface area (Å²) in [5, 5.41) is 6.59. The maximum absolute atomic E-state index is 12.3. The molecule has 0 fully saturated rings. The van der Waals surface area contributed by atoms with Gasteiger partial charge in [0.2, 0.25) is 5.95 Å². The first-order chi connectivity index (χ1) is 12.6. The molecule has 7 heteroatoms. The fourth-order valence-electron chi connectivity index (χ4n) is 2.80. The zero-order valence-electron chi connectivity index (χ0n) is 14.3. The van der Waals surface area contributed by atoms with E-state index in [2.05, 4.69) is 26.7 Å². The Labute approximate surface area is 162 Å². The highest BCUT2D eigenvalue weighted by Gasteiger charge is 2.11. The first kappa shape index (κ1) is 18.7. The minimum Gasteiger partial charge on any atom is -0.354 e. The lowest BCUT2D eigenvalue weighted by atomic mass is 9.97. The van der Waals surface area contributed by atoms with Crippen molar-refractivity contribution in [2.24, 2.45) is 0 Å². The van der Waals surface area contributed by atoms with E-state index in [1.165, 1.54) is 43.7 Å². The Morgan fingerprint density at radius 3 is 2.69 bits per heavy atom. The normalized spacial score (nSPS) is 13.8. The van der Waals surface area contributed by atoms with E-state index >= 15 is 0 Å². The summed E-state index contributed by atoms with van der Waals surface area (Å²) < 4.78 is 0. The fraction of sp³-hybridized carbons (Fsp3) is 0.316. The van der Waals surface area contributed by atoms with Gasteiger partial charge in [-0.15, -0.1) is 0 Å². The first-order valence-electron chi connectivity index (χ1n) is 8.62. The Kier molecular flexibility index (Phi) is 6.47. The molecular weight excluding hydrogens is 371 g/mol. The molecule has 1 aromatic heterocycles. The van der Waals surface area contributed by atoms with Gasteiger partial charge in [0, 0.05) is 18.9 Å². The number of anilines is 2. The van der Waals surface area contributed by atoms with E-state index in [0.29, 0.717) is 27.2 Å². The van der Waals surface area contributed by atoms with Crippen molar-refractivity contribution in [3.63, 3.8) is 0 Å². The van der Waals surface area contributed by atoms with Crippen molar-refractivity contribution in [3.05, 3.63) is 57.9 Å². The van der Waals surface area contributed by atoms with Crippen LogP contribution in [0.5, 0.6) is 0 Å². The molecule has 2 N–H and O–H groups in total. The quantitative estimate of drug-likeness (QED) is 0.653. The summed E-state index contributed by atoms with van der Waals surface area (Å²) in [6.45, 7) is 0.787. The number of hydrogen-bond donors (Lipinski definition) is 2. The molecule has 0 spiro atoms. The molecule has 1 amide bonds. The van der Waals surface area contributed by atoms with Crippen molar-refractivity contribution in [2.45, 2.75) is 32.1 Å². The third-order valence-corrected chi connectivity index (χ3v) is 5.05. The number of amides is 1.